The van der Waals surface area contributed by atoms with E-state index in [1.54, 1.807) is 12.1 Å². The zero-order valence-corrected chi connectivity index (χ0v) is 11.2. The van der Waals surface area contributed by atoms with Crippen LogP contribution in [0.4, 0.5) is 0 Å². The van der Waals surface area contributed by atoms with Crippen molar-refractivity contribution in [1.82, 2.24) is 15.0 Å². The van der Waals surface area contributed by atoms with E-state index < -0.39 is 5.97 Å². The Morgan fingerprint density at radius 3 is 2.15 bits per heavy atom. The van der Waals surface area contributed by atoms with Gasteiger partial charge in [-0.1, -0.05) is 5.21 Å². The molecule has 0 saturated carbocycles. The maximum atomic E-state index is 10.8. The molecule has 0 saturated heterocycles. The second-order valence-corrected chi connectivity index (χ2v) is 3.74. The Morgan fingerprint density at radius 1 is 1.15 bits per heavy atom. The van der Waals surface area contributed by atoms with Crippen LogP contribution in [0.3, 0.4) is 0 Å². The summed E-state index contributed by atoms with van der Waals surface area (Å²) in [7, 11) is 4.48. The van der Waals surface area contributed by atoms with Gasteiger partial charge in [-0.25, -0.2) is 9.48 Å². The van der Waals surface area contributed by atoms with E-state index in [2.05, 4.69) is 10.3 Å². The van der Waals surface area contributed by atoms with Crippen molar-refractivity contribution in [2.24, 2.45) is 0 Å². The first-order valence-electron chi connectivity index (χ1n) is 5.56. The van der Waals surface area contributed by atoms with Crippen LogP contribution < -0.4 is 14.2 Å². The fraction of sp³-hybridized carbons (Fsp3) is 0.250. The summed E-state index contributed by atoms with van der Waals surface area (Å²) in [6.07, 6.45) is 1.29. The molecule has 1 N–H and O–H groups in total. The predicted octanol–water partition coefficient (Wildman–Crippen LogP) is 0.991. The lowest BCUT2D eigenvalue weighted by Gasteiger charge is -2.13. The van der Waals surface area contributed by atoms with Crippen LogP contribution in [-0.2, 0) is 0 Å². The van der Waals surface area contributed by atoms with Gasteiger partial charge in [0.15, 0.2) is 17.2 Å². The molecule has 1 heterocycles. The Balaban J connectivity index is 2.53. The van der Waals surface area contributed by atoms with Crippen molar-refractivity contribution in [3.63, 3.8) is 0 Å². The molecule has 20 heavy (non-hydrogen) atoms. The van der Waals surface area contributed by atoms with Crippen molar-refractivity contribution in [1.29, 1.82) is 0 Å². The number of ether oxygens (including phenoxy) is 3. The average Bonchev–Trinajstić information content (AvgIpc) is 2.95. The first-order chi connectivity index (χ1) is 9.60. The number of methoxy groups -OCH3 is 3. The van der Waals surface area contributed by atoms with Gasteiger partial charge in [0.05, 0.1) is 33.2 Å². The predicted molar refractivity (Wildman–Crippen MR) is 68.0 cm³/mol. The largest absolute Gasteiger partial charge is 0.493 e. The van der Waals surface area contributed by atoms with Gasteiger partial charge in [-0.15, -0.1) is 5.10 Å². The molecule has 0 radical (unpaired) electrons. The Kier molecular flexibility index (Phi) is 3.74. The topological polar surface area (TPSA) is 95.7 Å². The molecule has 0 unspecified atom stereocenters. The summed E-state index contributed by atoms with van der Waals surface area (Å²) in [4.78, 5) is 10.8. The number of hydrogen-bond acceptors (Lipinski definition) is 6. The van der Waals surface area contributed by atoms with Crippen LogP contribution in [0.5, 0.6) is 17.2 Å². The zero-order valence-electron chi connectivity index (χ0n) is 11.2. The number of rotatable bonds is 5. The molecule has 0 aliphatic carbocycles. The Labute approximate surface area is 114 Å². The SMILES string of the molecule is COc1cc(-n2cc(C(=O)O)nn2)cc(OC)c1OC. The Bertz CT molecular complexity index is 613. The highest BCUT2D eigenvalue weighted by molar-refractivity contribution is 5.84. The minimum Gasteiger partial charge on any atom is -0.493 e. The molecule has 2 aromatic rings. The summed E-state index contributed by atoms with van der Waals surface area (Å²) in [6.45, 7) is 0. The molecule has 0 amide bonds. The fourth-order valence-electron chi connectivity index (χ4n) is 1.69. The summed E-state index contributed by atoms with van der Waals surface area (Å²) in [5, 5.41) is 16.1. The van der Waals surface area contributed by atoms with Crippen molar-refractivity contribution >= 4 is 5.97 Å². The van der Waals surface area contributed by atoms with Crippen molar-refractivity contribution in [3.05, 3.63) is 24.0 Å². The van der Waals surface area contributed by atoms with Gasteiger partial charge in [-0.3, -0.25) is 0 Å². The van der Waals surface area contributed by atoms with E-state index in [0.29, 0.717) is 22.9 Å². The highest BCUT2D eigenvalue weighted by Crippen LogP contribution is 2.39. The second-order valence-electron chi connectivity index (χ2n) is 3.74. The molecule has 8 heteroatoms. The van der Waals surface area contributed by atoms with E-state index in [4.69, 9.17) is 19.3 Å². The molecular weight excluding hydrogens is 266 g/mol. The Morgan fingerprint density at radius 2 is 1.75 bits per heavy atom. The first kappa shape index (κ1) is 13.7. The van der Waals surface area contributed by atoms with Crippen molar-refractivity contribution < 1.29 is 24.1 Å². The number of aromatic nitrogens is 3. The van der Waals surface area contributed by atoms with Crippen LogP contribution in [0.2, 0.25) is 0 Å². The minimum absolute atomic E-state index is 0.154. The van der Waals surface area contributed by atoms with E-state index in [0.717, 1.165) is 0 Å². The number of carbonyl (C=O) groups is 1. The maximum Gasteiger partial charge on any atom is 0.358 e. The lowest BCUT2D eigenvalue weighted by molar-refractivity contribution is 0.0690. The van der Waals surface area contributed by atoms with Gasteiger partial charge in [0.1, 0.15) is 0 Å². The molecule has 2 rings (SSSR count). The quantitative estimate of drug-likeness (QED) is 0.871. The third-order valence-electron chi connectivity index (χ3n) is 2.63. The van der Waals surface area contributed by atoms with E-state index in [1.165, 1.54) is 32.2 Å². The van der Waals surface area contributed by atoms with Crippen molar-refractivity contribution in [2.75, 3.05) is 21.3 Å². The maximum absolute atomic E-state index is 10.8. The Hall–Kier alpha value is -2.77. The monoisotopic (exact) mass is 279 g/mol. The fourth-order valence-corrected chi connectivity index (χ4v) is 1.69. The highest BCUT2D eigenvalue weighted by atomic mass is 16.5. The summed E-state index contributed by atoms with van der Waals surface area (Å²) >= 11 is 0. The molecule has 0 fully saturated rings. The average molecular weight is 279 g/mol. The third kappa shape index (κ3) is 2.35. The smallest absolute Gasteiger partial charge is 0.358 e. The van der Waals surface area contributed by atoms with Gasteiger partial charge in [0, 0.05) is 12.1 Å². The summed E-state index contributed by atoms with van der Waals surface area (Å²) < 4.78 is 16.9. The highest BCUT2D eigenvalue weighted by Gasteiger charge is 2.16. The van der Waals surface area contributed by atoms with E-state index in [1.807, 2.05) is 0 Å². The number of hydrogen-bond donors (Lipinski definition) is 1. The van der Waals surface area contributed by atoms with Gasteiger partial charge in [-0.05, 0) is 0 Å². The number of nitrogens with zero attached hydrogens (tertiary/aromatic N) is 3. The van der Waals surface area contributed by atoms with E-state index >= 15 is 0 Å². The molecule has 0 atom stereocenters. The van der Waals surface area contributed by atoms with Crippen LogP contribution in [0, 0.1) is 0 Å². The molecule has 106 valence electrons. The van der Waals surface area contributed by atoms with E-state index in [-0.39, 0.29) is 5.69 Å². The van der Waals surface area contributed by atoms with Crippen molar-refractivity contribution in [2.45, 2.75) is 0 Å². The van der Waals surface area contributed by atoms with Gasteiger partial charge in [0.2, 0.25) is 5.75 Å². The third-order valence-corrected chi connectivity index (χ3v) is 2.63. The molecule has 8 nitrogen and oxygen atoms in total. The van der Waals surface area contributed by atoms with Gasteiger partial charge in [0.25, 0.3) is 0 Å². The zero-order chi connectivity index (χ0) is 14.7. The van der Waals surface area contributed by atoms with Crippen LogP contribution in [0.25, 0.3) is 5.69 Å². The summed E-state index contributed by atoms with van der Waals surface area (Å²) in [5.41, 5.74) is 0.387. The van der Waals surface area contributed by atoms with Crippen LogP contribution in [0.15, 0.2) is 18.3 Å². The lowest BCUT2D eigenvalue weighted by Crippen LogP contribution is -2.00. The number of aromatic carboxylic acids is 1. The summed E-state index contributed by atoms with van der Waals surface area (Å²) in [6, 6.07) is 3.28. The molecule has 0 bridgehead atoms. The molecule has 0 spiro atoms. The lowest BCUT2D eigenvalue weighted by atomic mass is 10.2. The van der Waals surface area contributed by atoms with Crippen LogP contribution >= 0.6 is 0 Å². The minimum atomic E-state index is -1.15. The molecule has 0 aliphatic rings. The van der Waals surface area contributed by atoms with Crippen LogP contribution in [-0.4, -0.2) is 47.4 Å². The van der Waals surface area contributed by atoms with Gasteiger partial charge in [-0.2, -0.15) is 0 Å². The second kappa shape index (κ2) is 5.47. The molecule has 1 aromatic heterocycles. The number of benzene rings is 1. The molecular formula is C12H13N3O5. The van der Waals surface area contributed by atoms with Gasteiger partial charge >= 0.3 is 5.97 Å². The number of carboxylic acid groups (broad SMARTS) is 1. The normalized spacial score (nSPS) is 10.2. The first-order valence-corrected chi connectivity index (χ1v) is 5.56. The standard InChI is InChI=1S/C12H13N3O5/c1-18-9-4-7(5-10(19-2)11(9)20-3)15-6-8(12(16)17)13-14-15/h4-6H,1-3H3,(H,16,17). The number of carboxylic acids is 1. The van der Waals surface area contributed by atoms with Crippen LogP contribution in [0.1, 0.15) is 10.5 Å². The summed E-state index contributed by atoms with van der Waals surface area (Å²) in [5.74, 6) is 0.171. The van der Waals surface area contributed by atoms with Gasteiger partial charge < -0.3 is 19.3 Å². The van der Waals surface area contributed by atoms with Crippen molar-refractivity contribution in [3.8, 4) is 22.9 Å². The molecule has 0 aliphatic heterocycles. The molecule has 1 aromatic carbocycles. The van der Waals surface area contributed by atoms with E-state index in [9.17, 15) is 4.79 Å².